The van der Waals surface area contributed by atoms with Gasteiger partial charge in [-0.15, -0.1) is 0 Å². The van der Waals surface area contributed by atoms with Crippen LogP contribution in [0.5, 0.6) is 0 Å². The van der Waals surface area contributed by atoms with Gasteiger partial charge in [-0.05, 0) is 61.3 Å². The molecule has 1 aliphatic heterocycles. The number of aryl methyl sites for hydroxylation is 3. The third-order valence-electron chi connectivity index (χ3n) is 5.08. The van der Waals surface area contributed by atoms with E-state index in [-0.39, 0.29) is 5.91 Å². The molecule has 1 aromatic heterocycles. The van der Waals surface area contributed by atoms with Crippen molar-refractivity contribution in [2.24, 2.45) is 13.0 Å². The molecule has 0 aliphatic carbocycles. The summed E-state index contributed by atoms with van der Waals surface area (Å²) in [5.41, 5.74) is 1.89. The van der Waals surface area contributed by atoms with Crippen LogP contribution in [0.3, 0.4) is 0 Å². The number of benzene rings is 1. The van der Waals surface area contributed by atoms with Crippen molar-refractivity contribution >= 4 is 5.91 Å². The van der Waals surface area contributed by atoms with E-state index in [2.05, 4.69) is 5.10 Å². The quantitative estimate of drug-likeness (QED) is 0.790. The Morgan fingerprint density at radius 1 is 1.23 bits per heavy atom. The molecule has 1 atom stereocenters. The van der Waals surface area contributed by atoms with Gasteiger partial charge < -0.3 is 4.90 Å². The summed E-state index contributed by atoms with van der Waals surface area (Å²) in [5.74, 6) is -0.999. The first-order valence-electron chi connectivity index (χ1n) is 9.20. The molecule has 4 nitrogen and oxygen atoms in total. The zero-order valence-electron chi connectivity index (χ0n) is 15.1. The van der Waals surface area contributed by atoms with E-state index in [1.807, 2.05) is 18.1 Å². The lowest BCUT2D eigenvalue weighted by Crippen LogP contribution is -2.40. The first-order chi connectivity index (χ1) is 12.5. The van der Waals surface area contributed by atoms with Gasteiger partial charge in [-0.2, -0.15) is 5.10 Å². The van der Waals surface area contributed by atoms with E-state index >= 15 is 0 Å². The molecule has 1 aromatic carbocycles. The Morgan fingerprint density at radius 2 is 2.08 bits per heavy atom. The summed E-state index contributed by atoms with van der Waals surface area (Å²) < 4.78 is 28.1. The molecule has 2 aromatic rings. The fourth-order valence-electron chi connectivity index (χ4n) is 3.60. The van der Waals surface area contributed by atoms with Gasteiger partial charge in [0.2, 0.25) is 5.91 Å². The molecular weight excluding hydrogens is 336 g/mol. The molecule has 1 amide bonds. The maximum absolute atomic E-state index is 13.3. The molecule has 26 heavy (non-hydrogen) atoms. The first-order valence-corrected chi connectivity index (χ1v) is 9.20. The molecule has 0 spiro atoms. The third kappa shape index (κ3) is 4.90. The van der Waals surface area contributed by atoms with Crippen LogP contribution in [0.4, 0.5) is 8.78 Å². The lowest BCUT2D eigenvalue weighted by Gasteiger charge is -2.33. The SMILES string of the molecule is Cn1cc(CCC(=O)N2CCC[C@H](CCc3ccc(F)c(F)c3)C2)cn1. The minimum atomic E-state index is -0.809. The molecule has 140 valence electrons. The lowest BCUT2D eigenvalue weighted by atomic mass is 9.91. The Labute approximate surface area is 152 Å². The molecule has 0 unspecified atom stereocenters. The zero-order chi connectivity index (χ0) is 18.5. The fourth-order valence-corrected chi connectivity index (χ4v) is 3.60. The summed E-state index contributed by atoms with van der Waals surface area (Å²) in [6.45, 7) is 1.57. The summed E-state index contributed by atoms with van der Waals surface area (Å²) in [6.07, 6.45) is 8.63. The number of piperidine rings is 1. The van der Waals surface area contributed by atoms with Gasteiger partial charge in [0.05, 0.1) is 6.20 Å². The predicted octanol–water partition coefficient (Wildman–Crippen LogP) is 3.50. The molecule has 0 saturated carbocycles. The predicted molar refractivity (Wildman–Crippen MR) is 95.5 cm³/mol. The number of likely N-dealkylation sites (tertiary alicyclic amines) is 1. The Balaban J connectivity index is 1.47. The van der Waals surface area contributed by atoms with E-state index in [9.17, 15) is 13.6 Å². The standard InChI is InChI=1S/C20H25F2N3O/c1-24-13-17(12-23-24)7-9-20(26)25-10-2-3-16(14-25)5-4-15-6-8-18(21)19(22)11-15/h6,8,11-13,16H,2-5,7,9-10,14H2,1H3/t16-/m1/s1. The second kappa shape index (κ2) is 8.43. The van der Waals surface area contributed by atoms with Crippen molar-refractivity contribution in [3.05, 3.63) is 53.4 Å². The highest BCUT2D eigenvalue weighted by Gasteiger charge is 2.23. The minimum Gasteiger partial charge on any atom is -0.342 e. The zero-order valence-corrected chi connectivity index (χ0v) is 15.1. The summed E-state index contributed by atoms with van der Waals surface area (Å²) in [6, 6.07) is 4.09. The Morgan fingerprint density at radius 3 is 2.81 bits per heavy atom. The molecular formula is C20H25F2N3O. The highest BCUT2D eigenvalue weighted by molar-refractivity contribution is 5.76. The lowest BCUT2D eigenvalue weighted by molar-refractivity contribution is -0.133. The van der Waals surface area contributed by atoms with Crippen molar-refractivity contribution in [2.45, 2.75) is 38.5 Å². The van der Waals surface area contributed by atoms with Crippen LogP contribution in [0, 0.1) is 17.6 Å². The van der Waals surface area contributed by atoms with Crippen LogP contribution in [-0.4, -0.2) is 33.7 Å². The van der Waals surface area contributed by atoms with Gasteiger partial charge in [-0.25, -0.2) is 8.78 Å². The number of aromatic nitrogens is 2. The fraction of sp³-hybridized carbons (Fsp3) is 0.500. The second-order valence-electron chi connectivity index (χ2n) is 7.16. The average Bonchev–Trinajstić information content (AvgIpc) is 3.06. The van der Waals surface area contributed by atoms with E-state index in [0.717, 1.165) is 43.5 Å². The highest BCUT2D eigenvalue weighted by atomic mass is 19.2. The van der Waals surface area contributed by atoms with Gasteiger partial charge in [0.15, 0.2) is 11.6 Å². The smallest absolute Gasteiger partial charge is 0.222 e. The summed E-state index contributed by atoms with van der Waals surface area (Å²) in [7, 11) is 1.87. The maximum atomic E-state index is 13.3. The molecule has 1 fully saturated rings. The van der Waals surface area contributed by atoms with Gasteiger partial charge in [0, 0.05) is 32.8 Å². The number of hydrogen-bond acceptors (Lipinski definition) is 2. The maximum Gasteiger partial charge on any atom is 0.222 e. The minimum absolute atomic E-state index is 0.186. The van der Waals surface area contributed by atoms with Gasteiger partial charge in [0.1, 0.15) is 0 Å². The molecule has 0 radical (unpaired) electrons. The van der Waals surface area contributed by atoms with Crippen LogP contribution >= 0.6 is 0 Å². The third-order valence-corrected chi connectivity index (χ3v) is 5.08. The number of hydrogen-bond donors (Lipinski definition) is 0. The largest absolute Gasteiger partial charge is 0.342 e. The Bertz CT molecular complexity index is 759. The van der Waals surface area contributed by atoms with Crippen LogP contribution in [0.1, 0.15) is 36.8 Å². The average molecular weight is 361 g/mol. The molecule has 3 rings (SSSR count). The van der Waals surface area contributed by atoms with E-state index in [1.54, 1.807) is 16.9 Å². The normalized spacial score (nSPS) is 17.5. The van der Waals surface area contributed by atoms with Gasteiger partial charge in [-0.3, -0.25) is 9.48 Å². The summed E-state index contributed by atoms with van der Waals surface area (Å²) >= 11 is 0. The molecule has 0 bridgehead atoms. The van der Waals surface area contributed by atoms with E-state index in [0.29, 0.717) is 25.2 Å². The second-order valence-corrected chi connectivity index (χ2v) is 7.16. The van der Waals surface area contributed by atoms with Crippen LogP contribution < -0.4 is 0 Å². The Hall–Kier alpha value is -2.24. The molecule has 0 N–H and O–H groups in total. The van der Waals surface area contributed by atoms with Gasteiger partial charge in [0.25, 0.3) is 0 Å². The van der Waals surface area contributed by atoms with Crippen molar-refractivity contribution in [3.8, 4) is 0 Å². The van der Waals surface area contributed by atoms with Crippen LogP contribution in [0.2, 0.25) is 0 Å². The van der Waals surface area contributed by atoms with Crippen molar-refractivity contribution < 1.29 is 13.6 Å². The molecule has 2 heterocycles. The number of carbonyl (C=O) groups excluding carboxylic acids is 1. The van der Waals surface area contributed by atoms with Crippen molar-refractivity contribution in [1.29, 1.82) is 0 Å². The van der Waals surface area contributed by atoms with E-state index in [1.165, 1.54) is 12.1 Å². The number of halogens is 2. The van der Waals surface area contributed by atoms with Crippen LogP contribution in [0.15, 0.2) is 30.6 Å². The first kappa shape index (κ1) is 18.5. The van der Waals surface area contributed by atoms with Gasteiger partial charge in [-0.1, -0.05) is 6.07 Å². The molecule has 1 aliphatic rings. The number of nitrogens with zero attached hydrogens (tertiary/aromatic N) is 3. The van der Waals surface area contributed by atoms with Crippen molar-refractivity contribution in [3.63, 3.8) is 0 Å². The van der Waals surface area contributed by atoms with Crippen molar-refractivity contribution in [1.82, 2.24) is 14.7 Å². The van der Waals surface area contributed by atoms with Crippen molar-refractivity contribution in [2.75, 3.05) is 13.1 Å². The van der Waals surface area contributed by atoms with E-state index < -0.39 is 11.6 Å². The Kier molecular flexibility index (Phi) is 6.01. The number of carbonyl (C=O) groups is 1. The van der Waals surface area contributed by atoms with Gasteiger partial charge >= 0.3 is 0 Å². The van der Waals surface area contributed by atoms with Crippen LogP contribution in [-0.2, 0) is 24.7 Å². The van der Waals surface area contributed by atoms with Crippen LogP contribution in [0.25, 0.3) is 0 Å². The molecule has 1 saturated heterocycles. The number of rotatable bonds is 6. The monoisotopic (exact) mass is 361 g/mol. The molecule has 6 heteroatoms. The summed E-state index contributed by atoms with van der Waals surface area (Å²) in [5, 5.41) is 4.13. The summed E-state index contributed by atoms with van der Waals surface area (Å²) in [4.78, 5) is 14.4. The van der Waals surface area contributed by atoms with E-state index in [4.69, 9.17) is 0 Å². The topological polar surface area (TPSA) is 38.1 Å². The highest BCUT2D eigenvalue weighted by Crippen LogP contribution is 2.23. The number of amides is 1.